The van der Waals surface area contributed by atoms with Gasteiger partial charge < -0.3 is 9.80 Å². The summed E-state index contributed by atoms with van der Waals surface area (Å²) in [4.78, 5) is 27.2. The average Bonchev–Trinajstić information content (AvgIpc) is 3.48. The Morgan fingerprint density at radius 1 is 1.00 bits per heavy atom. The van der Waals surface area contributed by atoms with Crippen LogP contribution in [-0.4, -0.2) is 56.6 Å². The lowest BCUT2D eigenvalue weighted by Crippen LogP contribution is -2.49. The summed E-state index contributed by atoms with van der Waals surface area (Å²) in [6.45, 7) is 9.19. The highest BCUT2D eigenvalue weighted by atomic mass is 32.1. The lowest BCUT2D eigenvalue weighted by atomic mass is 9.86. The number of nitrogens with zero attached hydrogens (tertiary/aromatic N) is 6. The van der Waals surface area contributed by atoms with Crippen LogP contribution in [0.4, 0.5) is 5.95 Å². The fraction of sp³-hybridized carbons (Fsp3) is 0.333. The molecule has 32 heavy (non-hydrogen) atoms. The van der Waals surface area contributed by atoms with E-state index in [2.05, 4.69) is 53.8 Å². The predicted molar refractivity (Wildman–Crippen MR) is 127 cm³/mol. The zero-order valence-corrected chi connectivity index (χ0v) is 19.3. The lowest BCUT2D eigenvalue weighted by molar-refractivity contribution is 0.0746. The second kappa shape index (κ2) is 8.02. The number of piperazine rings is 1. The summed E-state index contributed by atoms with van der Waals surface area (Å²) in [5.74, 6) is 1.32. The molecule has 0 saturated carbocycles. The number of benzene rings is 1. The van der Waals surface area contributed by atoms with Gasteiger partial charge in [-0.2, -0.15) is 9.50 Å². The van der Waals surface area contributed by atoms with Gasteiger partial charge in [0.05, 0.1) is 10.6 Å². The number of fused-ring (bicyclic) bond motifs is 1. The Morgan fingerprint density at radius 3 is 2.41 bits per heavy atom. The van der Waals surface area contributed by atoms with Crippen molar-refractivity contribution in [3.05, 3.63) is 65.2 Å². The molecule has 3 aromatic heterocycles. The summed E-state index contributed by atoms with van der Waals surface area (Å²) in [6.07, 6.45) is 1.77. The molecule has 0 spiro atoms. The van der Waals surface area contributed by atoms with Crippen molar-refractivity contribution in [2.24, 2.45) is 0 Å². The maximum atomic E-state index is 13.0. The Bertz CT molecular complexity index is 1230. The van der Waals surface area contributed by atoms with Gasteiger partial charge in [0.1, 0.15) is 0 Å². The number of rotatable bonds is 3. The van der Waals surface area contributed by atoms with Gasteiger partial charge in [0.2, 0.25) is 5.95 Å². The molecule has 0 atom stereocenters. The van der Waals surface area contributed by atoms with Gasteiger partial charge in [-0.3, -0.25) is 4.79 Å². The number of aromatic nitrogens is 4. The Balaban J connectivity index is 1.29. The molecule has 8 heteroatoms. The first-order valence-corrected chi connectivity index (χ1v) is 11.7. The first kappa shape index (κ1) is 20.6. The van der Waals surface area contributed by atoms with Gasteiger partial charge in [-0.05, 0) is 40.6 Å². The van der Waals surface area contributed by atoms with Crippen LogP contribution in [0.3, 0.4) is 0 Å². The number of carbonyl (C=O) groups excluding carboxylic acids is 1. The molecule has 1 saturated heterocycles. The molecule has 1 amide bonds. The van der Waals surface area contributed by atoms with E-state index in [1.165, 1.54) is 5.56 Å². The first-order valence-electron chi connectivity index (χ1n) is 10.8. The van der Waals surface area contributed by atoms with Crippen molar-refractivity contribution >= 4 is 29.0 Å². The quantitative estimate of drug-likeness (QED) is 0.474. The van der Waals surface area contributed by atoms with Gasteiger partial charge in [0, 0.05) is 37.9 Å². The average molecular weight is 447 g/mol. The molecule has 164 valence electrons. The number of hydrogen-bond donors (Lipinski definition) is 0. The molecule has 5 rings (SSSR count). The van der Waals surface area contributed by atoms with E-state index in [0.29, 0.717) is 37.9 Å². The van der Waals surface area contributed by atoms with Crippen LogP contribution in [0.25, 0.3) is 16.3 Å². The molecule has 0 radical (unpaired) electrons. The van der Waals surface area contributed by atoms with Gasteiger partial charge in [-0.15, -0.1) is 16.4 Å². The van der Waals surface area contributed by atoms with Gasteiger partial charge in [0.15, 0.2) is 0 Å². The summed E-state index contributed by atoms with van der Waals surface area (Å²) < 4.78 is 1.80. The molecule has 1 aromatic carbocycles. The Morgan fingerprint density at radius 2 is 1.75 bits per heavy atom. The minimum absolute atomic E-state index is 0.0759. The van der Waals surface area contributed by atoms with Gasteiger partial charge in [-0.1, -0.05) is 39.0 Å². The van der Waals surface area contributed by atoms with Crippen LogP contribution >= 0.6 is 11.3 Å². The molecule has 1 aliphatic heterocycles. The summed E-state index contributed by atoms with van der Waals surface area (Å²) in [7, 11) is 0. The van der Waals surface area contributed by atoms with Crippen LogP contribution < -0.4 is 4.90 Å². The largest absolute Gasteiger partial charge is 0.336 e. The molecule has 0 aliphatic carbocycles. The molecule has 0 N–H and O–H groups in total. The summed E-state index contributed by atoms with van der Waals surface area (Å²) in [6, 6.07) is 14.0. The van der Waals surface area contributed by atoms with Crippen LogP contribution in [0.2, 0.25) is 0 Å². The minimum Gasteiger partial charge on any atom is -0.336 e. The smallest absolute Gasteiger partial charge is 0.254 e. The standard InChI is InChI=1S/C24H26N6OS/c1-24(2,3)18-8-6-17(7-9-18)21(31)28-12-14-29(15-13-28)23-26-22-25-11-10-19(30(22)27-23)20-5-4-16-32-20/h4-11,16H,12-15H2,1-3H3. The van der Waals surface area contributed by atoms with E-state index in [0.717, 1.165) is 16.1 Å². The van der Waals surface area contributed by atoms with Crippen LogP contribution in [-0.2, 0) is 5.41 Å². The Labute approximate surface area is 191 Å². The Kier molecular flexibility index (Phi) is 5.17. The van der Waals surface area contributed by atoms with Gasteiger partial charge >= 0.3 is 0 Å². The third-order valence-electron chi connectivity index (χ3n) is 5.85. The van der Waals surface area contributed by atoms with Crippen LogP contribution in [0.1, 0.15) is 36.7 Å². The first-order chi connectivity index (χ1) is 15.4. The van der Waals surface area contributed by atoms with E-state index in [1.807, 2.05) is 34.5 Å². The van der Waals surface area contributed by atoms with E-state index >= 15 is 0 Å². The number of carbonyl (C=O) groups is 1. The number of anilines is 1. The van der Waals surface area contributed by atoms with E-state index in [4.69, 9.17) is 5.10 Å². The topological polar surface area (TPSA) is 66.6 Å². The molecule has 1 fully saturated rings. The molecule has 4 aromatic rings. The minimum atomic E-state index is 0.0759. The molecular weight excluding hydrogens is 420 g/mol. The van der Waals surface area contributed by atoms with E-state index in [1.54, 1.807) is 22.0 Å². The van der Waals surface area contributed by atoms with Crippen molar-refractivity contribution in [3.63, 3.8) is 0 Å². The lowest BCUT2D eigenvalue weighted by Gasteiger charge is -2.34. The monoisotopic (exact) mass is 446 g/mol. The van der Waals surface area contributed by atoms with Crippen molar-refractivity contribution in [1.29, 1.82) is 0 Å². The van der Waals surface area contributed by atoms with Gasteiger partial charge in [0.25, 0.3) is 11.7 Å². The second-order valence-electron chi connectivity index (χ2n) is 9.04. The SMILES string of the molecule is CC(C)(C)c1ccc(C(=O)N2CCN(c3nc4nccc(-c5cccs5)n4n3)CC2)cc1. The number of amides is 1. The fourth-order valence-electron chi connectivity index (χ4n) is 3.93. The van der Waals surface area contributed by atoms with Crippen molar-refractivity contribution in [1.82, 2.24) is 24.5 Å². The normalized spacial score (nSPS) is 14.8. The third kappa shape index (κ3) is 3.86. The molecular formula is C24H26N6OS. The van der Waals surface area contributed by atoms with E-state index in [-0.39, 0.29) is 11.3 Å². The van der Waals surface area contributed by atoms with Crippen LogP contribution in [0.15, 0.2) is 54.0 Å². The third-order valence-corrected chi connectivity index (χ3v) is 6.74. The van der Waals surface area contributed by atoms with Crippen molar-refractivity contribution in [2.75, 3.05) is 31.1 Å². The predicted octanol–water partition coefficient (Wildman–Crippen LogP) is 4.11. The molecule has 4 heterocycles. The summed E-state index contributed by atoms with van der Waals surface area (Å²) >= 11 is 1.66. The summed E-state index contributed by atoms with van der Waals surface area (Å²) in [5, 5.41) is 6.77. The van der Waals surface area contributed by atoms with E-state index < -0.39 is 0 Å². The fourth-order valence-corrected chi connectivity index (χ4v) is 4.67. The van der Waals surface area contributed by atoms with Crippen molar-refractivity contribution < 1.29 is 4.79 Å². The zero-order chi connectivity index (χ0) is 22.3. The number of hydrogen-bond acceptors (Lipinski definition) is 6. The molecule has 0 unspecified atom stereocenters. The van der Waals surface area contributed by atoms with Crippen molar-refractivity contribution in [3.8, 4) is 10.6 Å². The van der Waals surface area contributed by atoms with E-state index in [9.17, 15) is 4.79 Å². The maximum Gasteiger partial charge on any atom is 0.254 e. The number of thiophene rings is 1. The molecule has 1 aliphatic rings. The highest BCUT2D eigenvalue weighted by Gasteiger charge is 2.25. The molecule has 0 bridgehead atoms. The van der Waals surface area contributed by atoms with Gasteiger partial charge in [-0.25, -0.2) is 4.98 Å². The second-order valence-corrected chi connectivity index (χ2v) is 9.99. The van der Waals surface area contributed by atoms with Crippen LogP contribution in [0.5, 0.6) is 0 Å². The highest BCUT2D eigenvalue weighted by molar-refractivity contribution is 7.13. The van der Waals surface area contributed by atoms with Crippen molar-refractivity contribution in [2.45, 2.75) is 26.2 Å². The molecule has 7 nitrogen and oxygen atoms in total. The van der Waals surface area contributed by atoms with Crippen LogP contribution in [0, 0.1) is 0 Å². The zero-order valence-electron chi connectivity index (χ0n) is 18.5. The Hall–Kier alpha value is -3.26. The highest BCUT2D eigenvalue weighted by Crippen LogP contribution is 2.26. The summed E-state index contributed by atoms with van der Waals surface area (Å²) in [5.41, 5.74) is 3.03. The maximum absolute atomic E-state index is 13.0.